The summed E-state index contributed by atoms with van der Waals surface area (Å²) >= 11 is 3.48. The van der Waals surface area contributed by atoms with Crippen molar-refractivity contribution in [2.75, 3.05) is 4.90 Å². The number of nitrogens with zero attached hydrogens (tertiary/aromatic N) is 1. The average Bonchev–Trinajstić information content (AvgIpc) is 3.28. The van der Waals surface area contributed by atoms with E-state index in [2.05, 4.69) is 29.8 Å². The van der Waals surface area contributed by atoms with Gasteiger partial charge >= 0.3 is 0 Å². The third-order valence-electron chi connectivity index (χ3n) is 4.57. The van der Waals surface area contributed by atoms with Crippen LogP contribution in [0.15, 0.2) is 18.2 Å². The Balaban J connectivity index is 1.84. The van der Waals surface area contributed by atoms with Gasteiger partial charge in [-0.25, -0.2) is 0 Å². The third-order valence-corrected chi connectivity index (χ3v) is 5.44. The maximum Gasteiger partial charge on any atom is 0.230 e. The lowest BCUT2D eigenvalue weighted by Gasteiger charge is -2.22. The molecule has 0 saturated heterocycles. The van der Waals surface area contributed by atoms with E-state index >= 15 is 0 Å². The van der Waals surface area contributed by atoms with Gasteiger partial charge in [-0.3, -0.25) is 9.59 Å². The second-order valence-corrected chi connectivity index (χ2v) is 7.60. The molecule has 2 aliphatic rings. The Morgan fingerprint density at radius 2 is 2.09 bits per heavy atom. The van der Waals surface area contributed by atoms with E-state index in [-0.39, 0.29) is 28.5 Å². The van der Waals surface area contributed by atoms with Gasteiger partial charge in [-0.2, -0.15) is 0 Å². The van der Waals surface area contributed by atoms with Crippen molar-refractivity contribution >= 4 is 33.3 Å². The number of benzene rings is 1. The molecule has 0 radical (unpaired) electrons. The molecule has 3 nitrogen and oxygen atoms in total. The molecule has 1 fully saturated rings. The predicted octanol–water partition coefficient (Wildman–Crippen LogP) is 4.12. The number of anilines is 1. The van der Waals surface area contributed by atoms with E-state index in [1.165, 1.54) is 0 Å². The molecule has 0 N–H and O–H groups in total. The van der Waals surface area contributed by atoms with Gasteiger partial charge in [-0.05, 0) is 56.4 Å². The van der Waals surface area contributed by atoms with Crippen molar-refractivity contribution in [1.29, 1.82) is 0 Å². The fraction of sp³-hybridized carbons (Fsp3) is 0.556. The van der Waals surface area contributed by atoms with Crippen molar-refractivity contribution in [3.63, 3.8) is 0 Å². The lowest BCUT2D eigenvalue weighted by Crippen LogP contribution is -2.36. The fourth-order valence-corrected chi connectivity index (χ4v) is 3.93. The first-order valence-electron chi connectivity index (χ1n) is 8.17. The minimum absolute atomic E-state index is 0.112. The zero-order valence-electron chi connectivity index (χ0n) is 13.1. The Labute approximate surface area is 140 Å². The van der Waals surface area contributed by atoms with Crippen LogP contribution in [0.5, 0.6) is 0 Å². The van der Waals surface area contributed by atoms with Gasteiger partial charge in [0, 0.05) is 23.2 Å². The van der Waals surface area contributed by atoms with Gasteiger partial charge in [0.1, 0.15) is 0 Å². The van der Waals surface area contributed by atoms with Crippen LogP contribution in [-0.4, -0.2) is 22.6 Å². The Hall–Kier alpha value is -1.16. The molecular weight excluding hydrogens is 342 g/mol. The van der Waals surface area contributed by atoms with Crippen LogP contribution in [0, 0.1) is 5.92 Å². The van der Waals surface area contributed by atoms with E-state index in [0.717, 1.165) is 48.9 Å². The van der Waals surface area contributed by atoms with Crippen LogP contribution in [-0.2, 0) is 11.2 Å². The number of ketones is 1. The summed E-state index contributed by atoms with van der Waals surface area (Å²) in [6, 6.07) is 6.01. The van der Waals surface area contributed by atoms with Crippen LogP contribution in [0.1, 0.15) is 55.5 Å². The molecule has 2 atom stereocenters. The summed E-state index contributed by atoms with van der Waals surface area (Å²) in [5.41, 5.74) is 2.88. The highest BCUT2D eigenvalue weighted by Gasteiger charge is 2.39. The highest BCUT2D eigenvalue weighted by atomic mass is 79.9. The molecule has 0 aromatic heterocycles. The molecule has 1 amide bonds. The number of carbonyl (C=O) groups excluding carboxylic acids is 2. The van der Waals surface area contributed by atoms with Gasteiger partial charge in [0.05, 0.1) is 4.83 Å². The highest BCUT2D eigenvalue weighted by Crippen LogP contribution is 2.39. The number of Topliss-reactive ketones (excluding diaryl/α,β-unsaturated/α-hetero) is 1. The first-order valence-corrected chi connectivity index (χ1v) is 9.08. The molecule has 1 aromatic carbocycles. The predicted molar refractivity (Wildman–Crippen MR) is 91.8 cm³/mol. The number of hydrogen-bond acceptors (Lipinski definition) is 2. The Morgan fingerprint density at radius 3 is 2.73 bits per heavy atom. The Bertz CT molecular complexity index is 609. The summed E-state index contributed by atoms with van der Waals surface area (Å²) < 4.78 is 0. The van der Waals surface area contributed by atoms with E-state index in [1.807, 2.05) is 23.1 Å². The maximum absolute atomic E-state index is 12.4. The van der Waals surface area contributed by atoms with Crippen LogP contribution in [0.25, 0.3) is 0 Å². The van der Waals surface area contributed by atoms with Gasteiger partial charge in [0.2, 0.25) is 5.91 Å². The molecule has 4 heteroatoms. The fourth-order valence-electron chi connectivity index (χ4n) is 3.21. The third kappa shape index (κ3) is 2.85. The van der Waals surface area contributed by atoms with Gasteiger partial charge in [-0.1, -0.05) is 29.3 Å². The van der Waals surface area contributed by atoms with Crippen LogP contribution in [0.3, 0.4) is 0 Å². The van der Waals surface area contributed by atoms with Gasteiger partial charge in [0.25, 0.3) is 0 Å². The first-order chi connectivity index (χ1) is 10.5. The monoisotopic (exact) mass is 363 g/mol. The molecule has 1 heterocycles. The number of carbonyl (C=O) groups is 2. The quantitative estimate of drug-likeness (QED) is 0.582. The molecule has 1 saturated carbocycles. The van der Waals surface area contributed by atoms with Gasteiger partial charge < -0.3 is 4.90 Å². The van der Waals surface area contributed by atoms with E-state index in [1.54, 1.807) is 0 Å². The Kier molecular flexibility index (Phi) is 4.40. The molecule has 0 spiro atoms. The second kappa shape index (κ2) is 6.15. The van der Waals surface area contributed by atoms with Gasteiger partial charge in [0.15, 0.2) is 5.78 Å². The molecule has 2 unspecified atom stereocenters. The van der Waals surface area contributed by atoms with Crippen molar-refractivity contribution in [2.24, 2.45) is 5.92 Å². The number of halogens is 1. The topological polar surface area (TPSA) is 37.4 Å². The Morgan fingerprint density at radius 1 is 1.36 bits per heavy atom. The molecule has 1 aliphatic heterocycles. The normalized spacial score (nSPS) is 21.6. The van der Waals surface area contributed by atoms with Crippen molar-refractivity contribution in [3.05, 3.63) is 29.3 Å². The molecule has 1 aliphatic carbocycles. The molecular formula is C18H22BrNO2. The summed E-state index contributed by atoms with van der Waals surface area (Å²) in [5, 5.41) is 0. The summed E-state index contributed by atoms with van der Waals surface area (Å²) in [7, 11) is 0. The molecule has 3 rings (SSSR count). The van der Waals surface area contributed by atoms with Crippen LogP contribution in [0.2, 0.25) is 0 Å². The highest BCUT2D eigenvalue weighted by molar-refractivity contribution is 9.10. The summed E-state index contributed by atoms with van der Waals surface area (Å²) in [6.45, 7) is 4.17. The minimum atomic E-state index is -0.112. The van der Waals surface area contributed by atoms with Crippen molar-refractivity contribution in [3.8, 4) is 0 Å². The number of fused-ring (bicyclic) bond motifs is 1. The average molecular weight is 364 g/mol. The zero-order chi connectivity index (χ0) is 15.9. The van der Waals surface area contributed by atoms with Gasteiger partial charge in [-0.15, -0.1) is 0 Å². The maximum atomic E-state index is 12.4. The van der Waals surface area contributed by atoms with E-state index in [0.29, 0.717) is 0 Å². The summed E-state index contributed by atoms with van der Waals surface area (Å²) in [6.07, 6.45) is 4.72. The summed E-state index contributed by atoms with van der Waals surface area (Å²) in [5.74, 6) is 0.630. The molecule has 22 heavy (non-hydrogen) atoms. The number of alkyl halides is 1. The smallest absolute Gasteiger partial charge is 0.230 e. The molecule has 118 valence electrons. The largest absolute Gasteiger partial charge is 0.309 e. The minimum Gasteiger partial charge on any atom is -0.309 e. The molecule has 1 aromatic rings. The van der Waals surface area contributed by atoms with Crippen molar-refractivity contribution < 1.29 is 9.59 Å². The first kappa shape index (κ1) is 15.7. The van der Waals surface area contributed by atoms with E-state index in [9.17, 15) is 9.59 Å². The number of amides is 1. The lowest BCUT2D eigenvalue weighted by molar-refractivity contribution is -0.120. The van der Waals surface area contributed by atoms with Crippen LogP contribution in [0.4, 0.5) is 5.69 Å². The standard InChI is InChI=1S/C18H22BrNO2/c1-3-4-15(19)17(21)13-7-8-16-14(10-13)9-11(2)20(16)18(22)12-5-6-12/h7-8,10-12,15H,3-6,9H2,1-2H3. The van der Waals surface area contributed by atoms with Crippen molar-refractivity contribution in [1.82, 2.24) is 0 Å². The second-order valence-electron chi connectivity index (χ2n) is 6.50. The molecule has 0 bridgehead atoms. The van der Waals surface area contributed by atoms with Crippen LogP contribution < -0.4 is 4.90 Å². The lowest BCUT2D eigenvalue weighted by atomic mass is 10.0. The number of rotatable bonds is 5. The van der Waals surface area contributed by atoms with Crippen molar-refractivity contribution in [2.45, 2.75) is 56.8 Å². The zero-order valence-corrected chi connectivity index (χ0v) is 14.7. The summed E-state index contributed by atoms with van der Waals surface area (Å²) in [4.78, 5) is 26.7. The number of hydrogen-bond donors (Lipinski definition) is 0. The van der Waals surface area contributed by atoms with E-state index in [4.69, 9.17) is 0 Å². The van der Waals surface area contributed by atoms with E-state index < -0.39 is 0 Å². The SMILES string of the molecule is CCCC(Br)C(=O)c1ccc2c(c1)CC(C)N2C(=O)C1CC1. The van der Waals surface area contributed by atoms with Crippen LogP contribution >= 0.6 is 15.9 Å².